The highest BCUT2D eigenvalue weighted by Crippen LogP contribution is 2.46. The highest BCUT2D eigenvalue weighted by atomic mass is 35.5. The van der Waals surface area contributed by atoms with Crippen molar-refractivity contribution in [3.8, 4) is 5.75 Å². The summed E-state index contributed by atoms with van der Waals surface area (Å²) in [6, 6.07) is 13.3. The Labute approximate surface area is 205 Å². The second-order valence-electron chi connectivity index (χ2n) is 9.22. The lowest BCUT2D eigenvalue weighted by atomic mass is 9.85. The Bertz CT molecular complexity index is 1030. The molecule has 2 aromatic carbocycles. The summed E-state index contributed by atoms with van der Waals surface area (Å²) in [4.78, 5) is 4.78. The van der Waals surface area contributed by atoms with Gasteiger partial charge in [-0.25, -0.2) is 4.99 Å². The minimum atomic E-state index is -1.39. The zero-order chi connectivity index (χ0) is 24.5. The SMILES string of the molecule is CCOc1ccc(Cc2cc(C34N=C(CC(C)C)OC3[C@@H](O)[C@H](O)[C@@H](CO)O4)ccc2Cl)cc1. The Balaban J connectivity index is 1.72. The number of benzene rings is 2. The zero-order valence-electron chi connectivity index (χ0n) is 19.6. The number of rotatable bonds is 8. The van der Waals surface area contributed by atoms with E-state index < -0.39 is 36.7 Å². The molecule has 0 amide bonds. The first-order valence-corrected chi connectivity index (χ1v) is 12.1. The molecule has 0 aliphatic carbocycles. The molecule has 0 aromatic heterocycles. The summed E-state index contributed by atoms with van der Waals surface area (Å²) in [7, 11) is 0. The van der Waals surface area contributed by atoms with Gasteiger partial charge in [0.05, 0.1) is 13.2 Å². The van der Waals surface area contributed by atoms with E-state index in [1.165, 1.54) is 0 Å². The molecule has 4 rings (SSSR count). The molecule has 8 heteroatoms. The van der Waals surface area contributed by atoms with Gasteiger partial charge in [-0.1, -0.05) is 43.6 Å². The van der Waals surface area contributed by atoms with Crippen LogP contribution in [0.1, 0.15) is 43.9 Å². The predicted molar refractivity (Wildman–Crippen MR) is 129 cm³/mol. The lowest BCUT2D eigenvalue weighted by Gasteiger charge is -2.44. The van der Waals surface area contributed by atoms with Crippen molar-refractivity contribution in [3.05, 3.63) is 64.2 Å². The van der Waals surface area contributed by atoms with Crippen molar-refractivity contribution in [2.45, 2.75) is 63.8 Å². The molecule has 1 fully saturated rings. The molecule has 2 aromatic rings. The maximum Gasteiger partial charge on any atom is 0.228 e. The van der Waals surface area contributed by atoms with Crippen LogP contribution in [0.5, 0.6) is 5.75 Å². The molecule has 7 nitrogen and oxygen atoms in total. The van der Waals surface area contributed by atoms with Crippen LogP contribution in [0, 0.1) is 5.92 Å². The maximum absolute atomic E-state index is 10.9. The monoisotopic (exact) mass is 489 g/mol. The number of aliphatic hydroxyl groups is 3. The van der Waals surface area contributed by atoms with E-state index in [0.717, 1.165) is 16.9 Å². The second-order valence-corrected chi connectivity index (χ2v) is 9.63. The van der Waals surface area contributed by atoms with Crippen LogP contribution in [0.25, 0.3) is 0 Å². The van der Waals surface area contributed by atoms with Crippen LogP contribution >= 0.6 is 11.6 Å². The number of ether oxygens (including phenoxy) is 3. The third kappa shape index (κ3) is 4.81. The third-order valence-electron chi connectivity index (χ3n) is 6.16. The fraction of sp³-hybridized carbons (Fsp3) is 0.500. The number of fused-ring (bicyclic) bond motifs is 1. The van der Waals surface area contributed by atoms with Crippen LogP contribution < -0.4 is 4.74 Å². The normalized spacial score (nSPS) is 28.4. The smallest absolute Gasteiger partial charge is 0.228 e. The molecule has 2 aliphatic rings. The first kappa shape index (κ1) is 24.9. The van der Waals surface area contributed by atoms with E-state index in [9.17, 15) is 15.3 Å². The van der Waals surface area contributed by atoms with E-state index in [1.807, 2.05) is 51.1 Å². The average Bonchev–Trinajstić information content (AvgIpc) is 3.18. The topological polar surface area (TPSA) is 101 Å². The Morgan fingerprint density at radius 1 is 1.12 bits per heavy atom. The van der Waals surface area contributed by atoms with Crippen LogP contribution in [-0.4, -0.2) is 58.8 Å². The maximum atomic E-state index is 10.9. The van der Waals surface area contributed by atoms with Gasteiger partial charge in [-0.3, -0.25) is 0 Å². The molecule has 2 heterocycles. The molecule has 2 aliphatic heterocycles. The summed E-state index contributed by atoms with van der Waals surface area (Å²) >= 11 is 6.55. The molecule has 2 unspecified atom stereocenters. The van der Waals surface area contributed by atoms with Gasteiger partial charge in [-0.2, -0.15) is 0 Å². The Kier molecular flexibility index (Phi) is 7.50. The third-order valence-corrected chi connectivity index (χ3v) is 6.53. The lowest BCUT2D eigenvalue weighted by Crippen LogP contribution is -2.61. The zero-order valence-corrected chi connectivity index (χ0v) is 20.4. The van der Waals surface area contributed by atoms with Gasteiger partial charge >= 0.3 is 0 Å². The Hall–Kier alpha value is -2.16. The fourth-order valence-corrected chi connectivity index (χ4v) is 4.69. The minimum absolute atomic E-state index is 0.270. The molecule has 184 valence electrons. The van der Waals surface area contributed by atoms with Crippen molar-refractivity contribution >= 4 is 17.5 Å². The van der Waals surface area contributed by atoms with E-state index in [2.05, 4.69) is 0 Å². The van der Waals surface area contributed by atoms with E-state index >= 15 is 0 Å². The van der Waals surface area contributed by atoms with Gasteiger partial charge in [0.1, 0.15) is 24.1 Å². The summed E-state index contributed by atoms with van der Waals surface area (Å²) < 4.78 is 17.7. The van der Waals surface area contributed by atoms with Gasteiger partial charge in [0.2, 0.25) is 5.72 Å². The largest absolute Gasteiger partial charge is 0.494 e. The van der Waals surface area contributed by atoms with Crippen molar-refractivity contribution in [1.82, 2.24) is 0 Å². The summed E-state index contributed by atoms with van der Waals surface area (Å²) in [5, 5.41) is 31.7. The molecule has 0 spiro atoms. The van der Waals surface area contributed by atoms with Crippen LogP contribution in [0.3, 0.4) is 0 Å². The van der Waals surface area contributed by atoms with Gasteiger partial charge in [-0.05, 0) is 54.7 Å². The van der Waals surface area contributed by atoms with E-state index in [4.69, 9.17) is 30.8 Å². The molecular formula is C26H32ClNO6. The highest BCUT2D eigenvalue weighted by Gasteiger charge is 2.60. The Morgan fingerprint density at radius 3 is 2.50 bits per heavy atom. The van der Waals surface area contributed by atoms with Crippen LogP contribution in [0.15, 0.2) is 47.5 Å². The first-order chi connectivity index (χ1) is 16.3. The van der Waals surface area contributed by atoms with Crippen LogP contribution in [0.4, 0.5) is 0 Å². The van der Waals surface area contributed by atoms with Gasteiger partial charge in [0, 0.05) is 17.0 Å². The molecule has 0 radical (unpaired) electrons. The Morgan fingerprint density at radius 2 is 1.85 bits per heavy atom. The number of halogens is 1. The summed E-state index contributed by atoms with van der Waals surface area (Å²) in [5.74, 6) is 1.53. The molecule has 34 heavy (non-hydrogen) atoms. The standard InChI is InChI=1S/C26H32ClNO6/c1-4-32-19-8-5-16(6-9-19)12-17-13-18(7-10-20(17)27)26-25(33-22(28-26)11-15(2)3)24(31)23(30)21(14-29)34-26/h5-10,13,15,21,23-25,29-31H,4,11-12,14H2,1-3H3/t21-,23-,24+,25?,26?/m1/s1. The highest BCUT2D eigenvalue weighted by molar-refractivity contribution is 6.31. The molecule has 0 bridgehead atoms. The fourth-order valence-electron chi connectivity index (χ4n) is 4.50. The van der Waals surface area contributed by atoms with E-state index in [-0.39, 0.29) is 5.92 Å². The number of nitrogens with zero attached hydrogens (tertiary/aromatic N) is 1. The lowest BCUT2D eigenvalue weighted by molar-refractivity contribution is -0.262. The van der Waals surface area contributed by atoms with E-state index in [0.29, 0.717) is 35.9 Å². The van der Waals surface area contributed by atoms with Crippen molar-refractivity contribution < 1.29 is 29.5 Å². The van der Waals surface area contributed by atoms with Crippen LogP contribution in [-0.2, 0) is 21.6 Å². The van der Waals surface area contributed by atoms with Gasteiger partial charge < -0.3 is 29.5 Å². The predicted octanol–water partition coefficient (Wildman–Crippen LogP) is 3.44. The number of hydrogen-bond donors (Lipinski definition) is 3. The van der Waals surface area contributed by atoms with Crippen molar-refractivity contribution in [2.24, 2.45) is 10.9 Å². The van der Waals surface area contributed by atoms with Crippen molar-refractivity contribution in [2.75, 3.05) is 13.2 Å². The van der Waals surface area contributed by atoms with Gasteiger partial charge in [-0.15, -0.1) is 0 Å². The quantitative estimate of drug-likeness (QED) is 0.525. The number of hydrogen-bond acceptors (Lipinski definition) is 7. The van der Waals surface area contributed by atoms with Crippen molar-refractivity contribution in [1.29, 1.82) is 0 Å². The van der Waals surface area contributed by atoms with Crippen LogP contribution in [0.2, 0.25) is 5.02 Å². The number of aliphatic imine (C=N–C) groups is 1. The van der Waals surface area contributed by atoms with Gasteiger partial charge in [0.15, 0.2) is 12.0 Å². The van der Waals surface area contributed by atoms with Crippen molar-refractivity contribution in [3.63, 3.8) is 0 Å². The molecule has 3 N–H and O–H groups in total. The number of aliphatic hydroxyl groups excluding tert-OH is 3. The minimum Gasteiger partial charge on any atom is -0.494 e. The molecule has 1 saturated heterocycles. The average molecular weight is 490 g/mol. The molecular weight excluding hydrogens is 458 g/mol. The first-order valence-electron chi connectivity index (χ1n) is 11.7. The van der Waals surface area contributed by atoms with Gasteiger partial charge in [0.25, 0.3) is 0 Å². The van der Waals surface area contributed by atoms with E-state index in [1.54, 1.807) is 12.1 Å². The molecule has 5 atom stereocenters. The molecule has 0 saturated carbocycles. The summed E-state index contributed by atoms with van der Waals surface area (Å²) in [6.07, 6.45) is -3.42. The second kappa shape index (κ2) is 10.2. The summed E-state index contributed by atoms with van der Waals surface area (Å²) in [6.45, 7) is 6.17. The summed E-state index contributed by atoms with van der Waals surface area (Å²) in [5.41, 5.74) is 1.16.